The number of benzene rings is 1. The highest BCUT2D eigenvalue weighted by Crippen LogP contribution is 2.23. The molecule has 2 aromatic rings. The van der Waals surface area contributed by atoms with Gasteiger partial charge in [0.15, 0.2) is 0 Å². The maximum absolute atomic E-state index is 5.58. The number of hydrogen-bond acceptors (Lipinski definition) is 4. The van der Waals surface area contributed by atoms with E-state index < -0.39 is 0 Å². The highest BCUT2D eigenvalue weighted by Gasteiger charge is 2.15. The maximum Gasteiger partial charge on any atom is 0.101 e. The fraction of sp³-hybridized carbons (Fsp3) is 0.429. The number of nitrogens with zero attached hydrogens (tertiary/aromatic N) is 2. The Balaban J connectivity index is 2.11. The van der Waals surface area contributed by atoms with Crippen LogP contribution in [0.3, 0.4) is 0 Å². The van der Waals surface area contributed by atoms with Gasteiger partial charge in [0.2, 0.25) is 0 Å². The third-order valence-electron chi connectivity index (χ3n) is 3.25. The summed E-state index contributed by atoms with van der Waals surface area (Å²) in [6.45, 7) is 6.63. The summed E-state index contributed by atoms with van der Waals surface area (Å²) in [5.41, 5.74) is 6.32. The molecule has 5 heteroatoms. The molecule has 4 N–H and O–H groups in total. The van der Waals surface area contributed by atoms with Crippen molar-refractivity contribution in [3.05, 3.63) is 47.3 Å². The summed E-state index contributed by atoms with van der Waals surface area (Å²) in [5.74, 6) is 5.58. The highest BCUT2D eigenvalue weighted by molar-refractivity contribution is 5.28. The number of nitrogens with two attached hydrogens (primary N) is 1. The van der Waals surface area contributed by atoms with Gasteiger partial charge < -0.3 is 0 Å². The van der Waals surface area contributed by atoms with E-state index in [1.807, 2.05) is 0 Å². The molecule has 1 unspecified atom stereocenters. The maximum atomic E-state index is 5.58. The van der Waals surface area contributed by atoms with E-state index in [1.165, 1.54) is 11.1 Å². The molecule has 0 saturated carbocycles. The van der Waals surface area contributed by atoms with Gasteiger partial charge in [0.25, 0.3) is 0 Å². The van der Waals surface area contributed by atoms with Crippen LogP contribution in [0.2, 0.25) is 0 Å². The fourth-order valence-corrected chi connectivity index (χ4v) is 2.00. The van der Waals surface area contributed by atoms with Crippen molar-refractivity contribution in [2.75, 3.05) is 0 Å². The van der Waals surface area contributed by atoms with Crippen molar-refractivity contribution in [1.29, 1.82) is 0 Å². The van der Waals surface area contributed by atoms with Crippen molar-refractivity contribution < 1.29 is 0 Å². The minimum Gasteiger partial charge on any atom is -0.271 e. The first-order chi connectivity index (χ1) is 9.00. The van der Waals surface area contributed by atoms with Gasteiger partial charge in [-0.05, 0) is 23.0 Å². The monoisotopic (exact) mass is 259 g/mol. The van der Waals surface area contributed by atoms with Gasteiger partial charge in [-0.25, -0.2) is 0 Å². The van der Waals surface area contributed by atoms with Crippen molar-refractivity contribution in [2.45, 2.75) is 38.6 Å². The van der Waals surface area contributed by atoms with Crippen LogP contribution in [0.4, 0.5) is 0 Å². The van der Waals surface area contributed by atoms with Crippen LogP contribution in [0.5, 0.6) is 0 Å². The Labute approximate surface area is 113 Å². The second kappa shape index (κ2) is 5.50. The Morgan fingerprint density at radius 3 is 2.42 bits per heavy atom. The van der Waals surface area contributed by atoms with Crippen molar-refractivity contribution >= 4 is 0 Å². The summed E-state index contributed by atoms with van der Waals surface area (Å²) in [7, 11) is 0. The van der Waals surface area contributed by atoms with Crippen molar-refractivity contribution in [1.82, 2.24) is 20.8 Å². The van der Waals surface area contributed by atoms with E-state index in [4.69, 9.17) is 5.84 Å². The number of aromatic amines is 1. The molecule has 0 fully saturated rings. The largest absolute Gasteiger partial charge is 0.271 e. The van der Waals surface area contributed by atoms with Crippen LogP contribution in [-0.2, 0) is 11.8 Å². The topological polar surface area (TPSA) is 79.6 Å². The molecule has 1 heterocycles. The first kappa shape index (κ1) is 13.7. The Kier molecular flexibility index (Phi) is 3.97. The van der Waals surface area contributed by atoms with E-state index >= 15 is 0 Å². The number of H-pyrrole nitrogens is 1. The molecule has 0 amide bonds. The van der Waals surface area contributed by atoms with E-state index in [1.54, 1.807) is 6.20 Å². The van der Waals surface area contributed by atoms with Crippen LogP contribution < -0.4 is 11.3 Å². The number of hydrogen-bond donors (Lipinski definition) is 3. The average molecular weight is 259 g/mol. The SMILES string of the molecule is CC(C)(C)c1ccc(CC(NN)c2cn[nH]n2)cc1. The Morgan fingerprint density at radius 1 is 1.26 bits per heavy atom. The molecular formula is C14H21N5. The molecule has 1 atom stereocenters. The lowest BCUT2D eigenvalue weighted by Gasteiger charge is -2.20. The van der Waals surface area contributed by atoms with E-state index in [9.17, 15) is 0 Å². The van der Waals surface area contributed by atoms with Crippen LogP contribution in [-0.4, -0.2) is 15.4 Å². The highest BCUT2D eigenvalue weighted by atomic mass is 15.3. The smallest absolute Gasteiger partial charge is 0.101 e. The molecule has 0 saturated heterocycles. The Bertz CT molecular complexity index is 496. The predicted molar refractivity (Wildman–Crippen MR) is 75.3 cm³/mol. The molecular weight excluding hydrogens is 238 g/mol. The van der Waals surface area contributed by atoms with Gasteiger partial charge in [0, 0.05) is 0 Å². The van der Waals surface area contributed by atoms with Crippen LogP contribution in [0.15, 0.2) is 30.5 Å². The zero-order valence-electron chi connectivity index (χ0n) is 11.6. The third-order valence-corrected chi connectivity index (χ3v) is 3.25. The predicted octanol–water partition coefficient (Wildman–Crippen LogP) is 1.85. The van der Waals surface area contributed by atoms with Gasteiger partial charge in [0.05, 0.1) is 12.2 Å². The molecule has 19 heavy (non-hydrogen) atoms. The number of aromatic nitrogens is 3. The van der Waals surface area contributed by atoms with E-state index in [0.717, 1.165) is 12.1 Å². The summed E-state index contributed by atoms with van der Waals surface area (Å²) >= 11 is 0. The average Bonchev–Trinajstić information content (AvgIpc) is 2.89. The zero-order chi connectivity index (χ0) is 13.9. The Hall–Kier alpha value is -1.72. The van der Waals surface area contributed by atoms with Crippen LogP contribution in [0, 0.1) is 0 Å². The number of rotatable bonds is 4. The van der Waals surface area contributed by atoms with Crippen LogP contribution in [0.25, 0.3) is 0 Å². The summed E-state index contributed by atoms with van der Waals surface area (Å²) in [4.78, 5) is 0. The van der Waals surface area contributed by atoms with E-state index in [0.29, 0.717) is 0 Å². The lowest BCUT2D eigenvalue weighted by molar-refractivity contribution is 0.536. The quantitative estimate of drug-likeness (QED) is 0.578. The lowest BCUT2D eigenvalue weighted by atomic mass is 9.86. The Morgan fingerprint density at radius 2 is 1.95 bits per heavy atom. The normalized spacial score (nSPS) is 13.5. The van der Waals surface area contributed by atoms with Gasteiger partial charge in [-0.1, -0.05) is 45.0 Å². The summed E-state index contributed by atoms with van der Waals surface area (Å²) in [5, 5.41) is 10.5. The second-order valence-corrected chi connectivity index (χ2v) is 5.77. The van der Waals surface area contributed by atoms with Crippen molar-refractivity contribution in [3.63, 3.8) is 0 Å². The van der Waals surface area contributed by atoms with E-state index in [2.05, 4.69) is 65.9 Å². The summed E-state index contributed by atoms with van der Waals surface area (Å²) in [6.07, 6.45) is 2.47. The molecule has 1 aromatic heterocycles. The third kappa shape index (κ3) is 3.39. The molecule has 5 nitrogen and oxygen atoms in total. The fourth-order valence-electron chi connectivity index (χ4n) is 2.00. The minimum atomic E-state index is -0.0285. The summed E-state index contributed by atoms with van der Waals surface area (Å²) in [6, 6.07) is 8.60. The van der Waals surface area contributed by atoms with Gasteiger partial charge >= 0.3 is 0 Å². The zero-order valence-corrected chi connectivity index (χ0v) is 11.6. The second-order valence-electron chi connectivity index (χ2n) is 5.77. The van der Waals surface area contributed by atoms with Gasteiger partial charge in [-0.2, -0.15) is 15.4 Å². The van der Waals surface area contributed by atoms with Gasteiger partial charge in [0.1, 0.15) is 5.69 Å². The molecule has 0 aliphatic rings. The summed E-state index contributed by atoms with van der Waals surface area (Å²) < 4.78 is 0. The molecule has 0 spiro atoms. The van der Waals surface area contributed by atoms with Crippen molar-refractivity contribution in [3.8, 4) is 0 Å². The molecule has 0 bridgehead atoms. The molecule has 0 aliphatic carbocycles. The molecule has 0 aliphatic heterocycles. The number of nitrogens with one attached hydrogen (secondary N) is 2. The molecule has 0 radical (unpaired) electrons. The molecule has 1 aromatic carbocycles. The first-order valence-corrected chi connectivity index (χ1v) is 6.42. The number of hydrazine groups is 1. The van der Waals surface area contributed by atoms with E-state index in [-0.39, 0.29) is 11.5 Å². The van der Waals surface area contributed by atoms with Crippen LogP contribution >= 0.6 is 0 Å². The lowest BCUT2D eigenvalue weighted by Crippen LogP contribution is -2.29. The van der Waals surface area contributed by atoms with Gasteiger partial charge in [-0.3, -0.25) is 11.3 Å². The van der Waals surface area contributed by atoms with Crippen molar-refractivity contribution in [2.24, 2.45) is 5.84 Å². The molecule has 102 valence electrons. The van der Waals surface area contributed by atoms with Gasteiger partial charge in [-0.15, -0.1) is 0 Å². The molecule has 2 rings (SSSR count). The minimum absolute atomic E-state index is 0.0285. The first-order valence-electron chi connectivity index (χ1n) is 6.42. The standard InChI is InChI=1S/C14H21N5/c1-14(2,3)11-6-4-10(5-7-11)8-12(17-15)13-9-16-19-18-13/h4-7,9,12,17H,8,15H2,1-3H3,(H,16,18,19). The van der Waals surface area contributed by atoms with Crippen LogP contribution in [0.1, 0.15) is 43.6 Å².